The zero-order valence-electron chi connectivity index (χ0n) is 9.34. The quantitative estimate of drug-likeness (QED) is 0.789. The van der Waals surface area contributed by atoms with Gasteiger partial charge in [-0.25, -0.2) is 0 Å². The van der Waals surface area contributed by atoms with Crippen LogP contribution < -0.4 is 0 Å². The Morgan fingerprint density at radius 1 is 1.36 bits per heavy atom. The Hall–Kier alpha value is -0.340. The Morgan fingerprint density at radius 2 is 2.07 bits per heavy atom. The van der Waals surface area contributed by atoms with Gasteiger partial charge in [0.2, 0.25) is 0 Å². The Balaban J connectivity index is 2.70. The second-order valence-corrected chi connectivity index (χ2v) is 5.58. The van der Waals surface area contributed by atoms with E-state index in [1.165, 1.54) is 24.1 Å². The molecule has 1 nitrogen and oxygen atoms in total. The molecule has 2 heteroatoms. The molecule has 0 saturated heterocycles. The van der Waals surface area contributed by atoms with Crippen molar-refractivity contribution in [2.45, 2.75) is 52.1 Å². The topological polar surface area (TPSA) is 20.2 Å². The normalized spacial score (nSPS) is 12.0. The van der Waals surface area contributed by atoms with Crippen molar-refractivity contribution in [1.82, 2.24) is 0 Å². The van der Waals surface area contributed by atoms with Gasteiger partial charge in [0, 0.05) is 9.75 Å². The Kier molecular flexibility index (Phi) is 4.14. The molecule has 0 amide bonds. The van der Waals surface area contributed by atoms with Crippen molar-refractivity contribution in [2.24, 2.45) is 0 Å². The van der Waals surface area contributed by atoms with Gasteiger partial charge in [-0.05, 0) is 24.0 Å². The predicted octanol–water partition coefficient (Wildman–Crippen LogP) is 3.71. The first-order valence-corrected chi connectivity index (χ1v) is 6.12. The van der Waals surface area contributed by atoms with Crippen LogP contribution in [0.25, 0.3) is 0 Å². The molecule has 0 aliphatic rings. The van der Waals surface area contributed by atoms with Gasteiger partial charge in [0.05, 0.1) is 6.61 Å². The van der Waals surface area contributed by atoms with Crippen molar-refractivity contribution in [3.63, 3.8) is 0 Å². The third-order valence-corrected chi connectivity index (χ3v) is 4.08. The maximum Gasteiger partial charge on any atom is 0.0774 e. The molecule has 1 aromatic rings. The molecule has 1 N–H and O–H groups in total. The summed E-state index contributed by atoms with van der Waals surface area (Å²) in [6, 6.07) is 4.19. The molecule has 0 bridgehead atoms. The van der Waals surface area contributed by atoms with E-state index >= 15 is 0 Å². The molecule has 0 saturated carbocycles. The van der Waals surface area contributed by atoms with Gasteiger partial charge in [-0.2, -0.15) is 0 Å². The first-order valence-electron chi connectivity index (χ1n) is 5.30. The fourth-order valence-electron chi connectivity index (χ4n) is 1.57. The minimum Gasteiger partial charge on any atom is -0.391 e. The number of thiophene rings is 1. The average molecular weight is 212 g/mol. The van der Waals surface area contributed by atoms with Crippen molar-refractivity contribution in [2.75, 3.05) is 0 Å². The minimum absolute atomic E-state index is 0.175. The lowest BCUT2D eigenvalue weighted by molar-refractivity contribution is 0.285. The summed E-state index contributed by atoms with van der Waals surface area (Å²) in [4.78, 5) is 2.47. The van der Waals surface area contributed by atoms with Crippen molar-refractivity contribution in [1.29, 1.82) is 0 Å². The SMILES string of the molecule is CCCCC(C)(C)c1ccc(CO)s1. The summed E-state index contributed by atoms with van der Waals surface area (Å²) in [5.41, 5.74) is 0.272. The largest absolute Gasteiger partial charge is 0.391 e. The number of hydrogen-bond donors (Lipinski definition) is 1. The van der Waals surface area contributed by atoms with E-state index in [9.17, 15) is 0 Å². The zero-order chi connectivity index (χ0) is 10.6. The van der Waals surface area contributed by atoms with Gasteiger partial charge in [0.25, 0.3) is 0 Å². The summed E-state index contributed by atoms with van der Waals surface area (Å²) in [6.07, 6.45) is 3.76. The van der Waals surface area contributed by atoms with Gasteiger partial charge >= 0.3 is 0 Å². The minimum atomic E-state index is 0.175. The summed E-state index contributed by atoms with van der Waals surface area (Å²) >= 11 is 1.74. The molecular formula is C12H20OS. The van der Waals surface area contributed by atoms with Gasteiger partial charge in [0.1, 0.15) is 0 Å². The van der Waals surface area contributed by atoms with Gasteiger partial charge < -0.3 is 5.11 Å². The number of hydrogen-bond acceptors (Lipinski definition) is 2. The standard InChI is InChI=1S/C12H20OS/c1-4-5-8-12(2,3)11-7-6-10(9-13)14-11/h6-7,13H,4-5,8-9H2,1-3H3. The molecule has 0 fully saturated rings. The van der Waals surface area contributed by atoms with E-state index < -0.39 is 0 Å². The van der Waals surface area contributed by atoms with Gasteiger partial charge in [-0.3, -0.25) is 0 Å². The second kappa shape index (κ2) is 4.94. The fourth-order valence-corrected chi connectivity index (χ4v) is 2.57. The molecule has 1 aromatic heterocycles. The Morgan fingerprint density at radius 3 is 2.57 bits per heavy atom. The molecule has 0 spiro atoms. The van der Waals surface area contributed by atoms with Crippen molar-refractivity contribution < 1.29 is 5.11 Å². The smallest absolute Gasteiger partial charge is 0.0774 e. The van der Waals surface area contributed by atoms with Crippen LogP contribution in [0, 0.1) is 0 Å². The lowest BCUT2D eigenvalue weighted by Gasteiger charge is -2.22. The van der Waals surface area contributed by atoms with E-state index in [4.69, 9.17) is 5.11 Å². The maximum atomic E-state index is 9.00. The van der Waals surface area contributed by atoms with Crippen LogP contribution in [0.5, 0.6) is 0 Å². The molecule has 0 aromatic carbocycles. The van der Waals surface area contributed by atoms with Crippen LogP contribution in [0.15, 0.2) is 12.1 Å². The second-order valence-electron chi connectivity index (χ2n) is 4.41. The van der Waals surface area contributed by atoms with E-state index in [0.29, 0.717) is 0 Å². The third-order valence-electron chi connectivity index (χ3n) is 2.64. The average Bonchev–Trinajstić information content (AvgIpc) is 2.63. The Labute approximate surface area is 90.8 Å². The lowest BCUT2D eigenvalue weighted by atomic mass is 9.86. The van der Waals surface area contributed by atoms with Crippen LogP contribution in [0.1, 0.15) is 49.8 Å². The summed E-state index contributed by atoms with van der Waals surface area (Å²) in [5.74, 6) is 0. The highest BCUT2D eigenvalue weighted by molar-refractivity contribution is 7.12. The highest BCUT2D eigenvalue weighted by atomic mass is 32.1. The van der Waals surface area contributed by atoms with Crippen molar-refractivity contribution in [3.05, 3.63) is 21.9 Å². The lowest BCUT2D eigenvalue weighted by Crippen LogP contribution is -2.14. The molecule has 0 unspecified atom stereocenters. The highest BCUT2D eigenvalue weighted by Crippen LogP contribution is 2.34. The Bertz CT molecular complexity index is 276. The number of rotatable bonds is 5. The van der Waals surface area contributed by atoms with Crippen LogP contribution in [0.4, 0.5) is 0 Å². The van der Waals surface area contributed by atoms with Crippen molar-refractivity contribution in [3.8, 4) is 0 Å². The van der Waals surface area contributed by atoms with E-state index in [1.54, 1.807) is 11.3 Å². The van der Waals surface area contributed by atoms with Crippen LogP contribution in [-0.4, -0.2) is 5.11 Å². The van der Waals surface area contributed by atoms with E-state index in [1.807, 2.05) is 6.07 Å². The van der Waals surface area contributed by atoms with E-state index in [2.05, 4.69) is 26.8 Å². The summed E-state index contributed by atoms with van der Waals surface area (Å²) in [5, 5.41) is 9.00. The van der Waals surface area contributed by atoms with Gasteiger partial charge in [-0.1, -0.05) is 33.6 Å². The summed E-state index contributed by atoms with van der Waals surface area (Å²) < 4.78 is 0. The zero-order valence-corrected chi connectivity index (χ0v) is 10.2. The molecule has 0 radical (unpaired) electrons. The highest BCUT2D eigenvalue weighted by Gasteiger charge is 2.21. The summed E-state index contributed by atoms with van der Waals surface area (Å²) in [7, 11) is 0. The van der Waals surface area contributed by atoms with E-state index in [-0.39, 0.29) is 12.0 Å². The van der Waals surface area contributed by atoms with Crippen LogP contribution in [-0.2, 0) is 12.0 Å². The van der Waals surface area contributed by atoms with E-state index in [0.717, 1.165) is 4.88 Å². The fraction of sp³-hybridized carbons (Fsp3) is 0.667. The molecule has 0 aliphatic carbocycles. The van der Waals surface area contributed by atoms with Crippen LogP contribution >= 0.6 is 11.3 Å². The monoisotopic (exact) mass is 212 g/mol. The molecule has 80 valence electrons. The molecule has 14 heavy (non-hydrogen) atoms. The third kappa shape index (κ3) is 2.82. The first kappa shape index (κ1) is 11.7. The number of aliphatic hydroxyl groups is 1. The first-order chi connectivity index (χ1) is 6.60. The predicted molar refractivity (Wildman–Crippen MR) is 62.8 cm³/mol. The maximum absolute atomic E-state index is 9.00. The number of aliphatic hydroxyl groups excluding tert-OH is 1. The van der Waals surface area contributed by atoms with Crippen LogP contribution in [0.2, 0.25) is 0 Å². The summed E-state index contributed by atoms with van der Waals surface area (Å²) in [6.45, 7) is 6.98. The molecule has 1 rings (SSSR count). The van der Waals surface area contributed by atoms with Crippen LogP contribution in [0.3, 0.4) is 0 Å². The molecular weight excluding hydrogens is 192 g/mol. The molecule has 1 heterocycles. The molecule has 0 atom stereocenters. The van der Waals surface area contributed by atoms with Gasteiger partial charge in [-0.15, -0.1) is 11.3 Å². The van der Waals surface area contributed by atoms with Gasteiger partial charge in [0.15, 0.2) is 0 Å². The number of unbranched alkanes of at least 4 members (excludes halogenated alkanes) is 1. The molecule has 0 aliphatic heterocycles. The van der Waals surface area contributed by atoms with Crippen molar-refractivity contribution >= 4 is 11.3 Å².